The molecule has 122 valence electrons. The summed E-state index contributed by atoms with van der Waals surface area (Å²) in [6, 6.07) is 2.95. The predicted molar refractivity (Wildman–Crippen MR) is 82.3 cm³/mol. The molecule has 23 heavy (non-hydrogen) atoms. The van der Waals surface area contributed by atoms with Crippen molar-refractivity contribution in [3.05, 3.63) is 39.4 Å². The Morgan fingerprint density at radius 2 is 1.96 bits per heavy atom. The molecule has 0 bridgehead atoms. The molecule has 2 aromatic rings. The molecule has 0 aliphatic heterocycles. The van der Waals surface area contributed by atoms with Crippen LogP contribution in [-0.4, -0.2) is 24.4 Å². The van der Waals surface area contributed by atoms with Crippen molar-refractivity contribution in [1.29, 1.82) is 0 Å². The number of nitrogens with two attached hydrogens (primary N) is 1. The van der Waals surface area contributed by atoms with E-state index in [-0.39, 0.29) is 35.1 Å². The Balaban J connectivity index is 2.39. The minimum absolute atomic E-state index is 0.0148. The lowest BCUT2D eigenvalue weighted by Crippen LogP contribution is -2.20. The molecule has 8 nitrogen and oxygen atoms in total. The number of aryl methyl sites for hydroxylation is 1. The Bertz CT molecular complexity index is 776. The number of rotatable bonds is 5. The zero-order chi connectivity index (χ0) is 17.1. The number of carbonyl (C=O) groups is 3. The maximum Gasteiger partial charge on any atom is 0.342 e. The molecule has 0 aromatic carbocycles. The van der Waals surface area contributed by atoms with Gasteiger partial charge in [0.2, 0.25) is 5.88 Å². The summed E-state index contributed by atoms with van der Waals surface area (Å²) in [6.45, 7) is 3.19. The van der Waals surface area contributed by atoms with Gasteiger partial charge in [-0.15, -0.1) is 0 Å². The van der Waals surface area contributed by atoms with Crippen molar-refractivity contribution in [2.45, 2.75) is 13.8 Å². The summed E-state index contributed by atoms with van der Waals surface area (Å²) in [4.78, 5) is 35.7. The van der Waals surface area contributed by atoms with Gasteiger partial charge in [-0.25, -0.2) is 4.79 Å². The zero-order valence-electron chi connectivity index (χ0n) is 12.3. The Hall–Kier alpha value is -2.55. The molecule has 0 spiro atoms. The van der Waals surface area contributed by atoms with Crippen LogP contribution in [0, 0.1) is 6.92 Å². The van der Waals surface area contributed by atoms with Gasteiger partial charge >= 0.3 is 5.97 Å². The lowest BCUT2D eigenvalue weighted by molar-refractivity contribution is 0.0521. The number of esters is 1. The van der Waals surface area contributed by atoms with Gasteiger partial charge in [-0.05, 0) is 41.9 Å². The number of anilines is 1. The average Bonchev–Trinajstić information content (AvgIpc) is 3.02. The summed E-state index contributed by atoms with van der Waals surface area (Å²) in [6.07, 6.45) is 0. The molecule has 0 atom stereocenters. The van der Waals surface area contributed by atoms with Crippen molar-refractivity contribution >= 4 is 39.6 Å². The molecule has 2 heterocycles. The zero-order valence-corrected chi connectivity index (χ0v) is 13.9. The molecular weight excluding hydrogens is 372 g/mol. The van der Waals surface area contributed by atoms with Crippen LogP contribution >= 0.6 is 15.9 Å². The molecule has 0 radical (unpaired) electrons. The number of ether oxygens (including phenoxy) is 1. The highest BCUT2D eigenvalue weighted by Crippen LogP contribution is 2.28. The number of primary amides is 1. The van der Waals surface area contributed by atoms with E-state index in [4.69, 9.17) is 19.3 Å². The molecule has 3 N–H and O–H groups in total. The summed E-state index contributed by atoms with van der Waals surface area (Å²) < 4.78 is 15.6. The van der Waals surface area contributed by atoms with E-state index in [1.54, 1.807) is 6.92 Å². The summed E-state index contributed by atoms with van der Waals surface area (Å²) in [5.74, 6) is -2.50. The Morgan fingerprint density at radius 1 is 1.26 bits per heavy atom. The maximum atomic E-state index is 12.1. The molecular formula is C14H13BrN2O6. The second-order valence-corrected chi connectivity index (χ2v) is 5.16. The van der Waals surface area contributed by atoms with Crippen LogP contribution in [0.3, 0.4) is 0 Å². The molecule has 2 amide bonds. The minimum Gasteiger partial charge on any atom is -0.462 e. The number of halogens is 1. The summed E-state index contributed by atoms with van der Waals surface area (Å²) >= 11 is 3.07. The largest absolute Gasteiger partial charge is 0.462 e. The first-order chi connectivity index (χ1) is 10.8. The van der Waals surface area contributed by atoms with Crippen LogP contribution in [0.4, 0.5) is 5.88 Å². The third-order valence-corrected chi connectivity index (χ3v) is 3.26. The van der Waals surface area contributed by atoms with E-state index in [9.17, 15) is 14.4 Å². The Morgan fingerprint density at radius 3 is 2.48 bits per heavy atom. The van der Waals surface area contributed by atoms with Crippen molar-refractivity contribution in [3.8, 4) is 0 Å². The summed E-state index contributed by atoms with van der Waals surface area (Å²) in [5.41, 5.74) is 4.93. The van der Waals surface area contributed by atoms with Crippen LogP contribution in [0.5, 0.6) is 0 Å². The van der Waals surface area contributed by atoms with Crippen LogP contribution in [0.1, 0.15) is 44.0 Å². The fourth-order valence-corrected chi connectivity index (χ4v) is 2.22. The molecule has 2 rings (SSSR count). The van der Waals surface area contributed by atoms with Gasteiger partial charge in [0.1, 0.15) is 16.9 Å². The third kappa shape index (κ3) is 3.45. The second-order valence-electron chi connectivity index (χ2n) is 4.38. The van der Waals surface area contributed by atoms with Crippen LogP contribution in [0.25, 0.3) is 0 Å². The maximum absolute atomic E-state index is 12.1. The minimum atomic E-state index is -0.930. The molecule has 0 aliphatic rings. The predicted octanol–water partition coefficient (Wildman–Crippen LogP) is 2.47. The van der Waals surface area contributed by atoms with Crippen molar-refractivity contribution in [3.63, 3.8) is 0 Å². The fourth-order valence-electron chi connectivity index (χ4n) is 1.92. The second kappa shape index (κ2) is 6.69. The van der Waals surface area contributed by atoms with Gasteiger partial charge in [-0.3, -0.25) is 14.9 Å². The quantitative estimate of drug-likeness (QED) is 0.762. The SMILES string of the molecule is CCOC(=O)c1c(C)oc(NC(=O)c2ccc(Br)o2)c1C(N)=O. The number of nitrogens with one attached hydrogen (secondary N) is 1. The van der Waals surface area contributed by atoms with E-state index >= 15 is 0 Å². The van der Waals surface area contributed by atoms with Crippen molar-refractivity contribution in [2.75, 3.05) is 11.9 Å². The fraction of sp³-hybridized carbons (Fsp3) is 0.214. The van der Waals surface area contributed by atoms with E-state index in [1.807, 2.05) is 0 Å². The van der Waals surface area contributed by atoms with Crippen LogP contribution < -0.4 is 11.1 Å². The highest BCUT2D eigenvalue weighted by atomic mass is 79.9. The lowest BCUT2D eigenvalue weighted by Gasteiger charge is -2.03. The first-order valence-corrected chi connectivity index (χ1v) is 7.31. The average molecular weight is 385 g/mol. The van der Waals surface area contributed by atoms with Gasteiger partial charge in [-0.1, -0.05) is 0 Å². The molecule has 0 saturated heterocycles. The molecule has 0 aliphatic carbocycles. The number of hydrogen-bond acceptors (Lipinski definition) is 6. The topological polar surface area (TPSA) is 125 Å². The molecule has 0 fully saturated rings. The van der Waals surface area contributed by atoms with Gasteiger partial charge in [0.05, 0.1) is 6.61 Å². The van der Waals surface area contributed by atoms with Gasteiger partial charge in [0.15, 0.2) is 10.4 Å². The van der Waals surface area contributed by atoms with E-state index in [2.05, 4.69) is 21.2 Å². The Labute approximate surface area is 139 Å². The number of furan rings is 2. The van der Waals surface area contributed by atoms with Crippen molar-refractivity contribution in [2.24, 2.45) is 5.73 Å². The number of hydrogen-bond donors (Lipinski definition) is 2. The molecule has 9 heteroatoms. The van der Waals surface area contributed by atoms with Gasteiger partial charge in [-0.2, -0.15) is 0 Å². The van der Waals surface area contributed by atoms with Crippen LogP contribution in [0.2, 0.25) is 0 Å². The first-order valence-electron chi connectivity index (χ1n) is 6.52. The lowest BCUT2D eigenvalue weighted by atomic mass is 10.1. The molecule has 0 saturated carbocycles. The normalized spacial score (nSPS) is 10.4. The number of carbonyl (C=O) groups excluding carboxylic acids is 3. The van der Waals surface area contributed by atoms with E-state index < -0.39 is 17.8 Å². The highest BCUT2D eigenvalue weighted by Gasteiger charge is 2.29. The summed E-state index contributed by atoms with van der Waals surface area (Å²) in [7, 11) is 0. The van der Waals surface area contributed by atoms with Crippen molar-refractivity contribution < 1.29 is 28.0 Å². The van der Waals surface area contributed by atoms with Gasteiger partial charge in [0, 0.05) is 0 Å². The molecule has 2 aromatic heterocycles. The molecule has 0 unspecified atom stereocenters. The van der Waals surface area contributed by atoms with E-state index in [0.29, 0.717) is 4.67 Å². The smallest absolute Gasteiger partial charge is 0.342 e. The monoisotopic (exact) mass is 384 g/mol. The standard InChI is InChI=1S/C14H13BrN2O6/c1-3-21-14(20)9-6(2)22-13(10(9)11(16)18)17-12(19)7-4-5-8(15)23-7/h4-5H,3H2,1-2H3,(H2,16,18)(H,17,19). The van der Waals surface area contributed by atoms with Crippen molar-refractivity contribution in [1.82, 2.24) is 0 Å². The van der Waals surface area contributed by atoms with Gasteiger partial charge < -0.3 is 19.3 Å². The number of amides is 2. The third-order valence-electron chi connectivity index (χ3n) is 2.83. The van der Waals surface area contributed by atoms with Crippen LogP contribution in [0.15, 0.2) is 25.6 Å². The van der Waals surface area contributed by atoms with Gasteiger partial charge in [0.25, 0.3) is 11.8 Å². The van der Waals surface area contributed by atoms with Crippen LogP contribution in [-0.2, 0) is 4.74 Å². The highest BCUT2D eigenvalue weighted by molar-refractivity contribution is 9.10. The first kappa shape index (κ1) is 16.8. The summed E-state index contributed by atoms with van der Waals surface area (Å²) in [5, 5.41) is 2.35. The Kier molecular flexibility index (Phi) is 4.89. The van der Waals surface area contributed by atoms with E-state index in [1.165, 1.54) is 19.1 Å². The van der Waals surface area contributed by atoms with E-state index in [0.717, 1.165) is 0 Å².